The summed E-state index contributed by atoms with van der Waals surface area (Å²) in [5.74, 6) is 0.906. The van der Waals surface area contributed by atoms with Gasteiger partial charge in [-0.15, -0.1) is 11.3 Å². The molecular formula is C18H22N2S. The van der Waals surface area contributed by atoms with E-state index in [1.165, 1.54) is 41.4 Å². The normalized spacial score (nSPS) is 26.3. The van der Waals surface area contributed by atoms with Gasteiger partial charge in [0.05, 0.1) is 0 Å². The lowest BCUT2D eigenvalue weighted by molar-refractivity contribution is 0.256. The van der Waals surface area contributed by atoms with Crippen LogP contribution >= 0.6 is 11.3 Å². The van der Waals surface area contributed by atoms with Crippen LogP contribution in [0.15, 0.2) is 42.5 Å². The summed E-state index contributed by atoms with van der Waals surface area (Å²) >= 11 is 1.95. The van der Waals surface area contributed by atoms with E-state index in [2.05, 4.69) is 59.3 Å². The van der Waals surface area contributed by atoms with Crippen LogP contribution in [-0.2, 0) is 6.54 Å². The van der Waals surface area contributed by atoms with Crippen LogP contribution in [0.4, 0.5) is 0 Å². The van der Waals surface area contributed by atoms with Gasteiger partial charge in [0.25, 0.3) is 0 Å². The lowest BCUT2D eigenvalue weighted by Gasteiger charge is -2.20. The van der Waals surface area contributed by atoms with Gasteiger partial charge in [-0.05, 0) is 43.6 Å². The zero-order valence-corrected chi connectivity index (χ0v) is 13.4. The third-order valence-electron chi connectivity index (χ3n) is 5.00. The topological polar surface area (TPSA) is 6.48 Å². The fraction of sp³-hybridized carbons (Fsp3) is 0.444. The molecule has 0 bridgehead atoms. The molecule has 0 unspecified atom stereocenters. The molecule has 2 atom stereocenters. The molecule has 2 nitrogen and oxygen atoms in total. The van der Waals surface area contributed by atoms with Crippen LogP contribution in [0.1, 0.15) is 11.3 Å². The van der Waals surface area contributed by atoms with Gasteiger partial charge in [0.15, 0.2) is 0 Å². The van der Waals surface area contributed by atoms with E-state index in [0.717, 1.165) is 18.5 Å². The number of likely N-dealkylation sites (N-methyl/N-ethyl adjacent to an activating group) is 1. The number of hydrogen-bond acceptors (Lipinski definition) is 3. The third kappa shape index (κ3) is 2.66. The SMILES string of the molecule is CN1CC[C@H]2CN(Cc3ccc(-c4ccccc4)s3)C[C@H]21. The molecule has 3 heteroatoms. The molecule has 3 heterocycles. The average Bonchev–Trinajstić information content (AvgIpc) is 3.19. The second kappa shape index (κ2) is 5.56. The van der Waals surface area contributed by atoms with E-state index in [9.17, 15) is 0 Å². The number of rotatable bonds is 3. The van der Waals surface area contributed by atoms with Crippen molar-refractivity contribution in [3.8, 4) is 10.4 Å². The predicted octanol–water partition coefficient (Wildman–Crippen LogP) is 3.55. The van der Waals surface area contributed by atoms with E-state index >= 15 is 0 Å². The lowest BCUT2D eigenvalue weighted by Crippen LogP contribution is -2.31. The zero-order chi connectivity index (χ0) is 14.2. The van der Waals surface area contributed by atoms with Crippen LogP contribution in [0.5, 0.6) is 0 Å². The summed E-state index contributed by atoms with van der Waals surface area (Å²) in [7, 11) is 2.28. The Morgan fingerprint density at radius 1 is 1.10 bits per heavy atom. The summed E-state index contributed by atoms with van der Waals surface area (Å²) in [6.07, 6.45) is 1.39. The van der Waals surface area contributed by atoms with Gasteiger partial charge < -0.3 is 4.90 Å². The molecule has 2 aliphatic heterocycles. The van der Waals surface area contributed by atoms with Gasteiger partial charge in [-0.1, -0.05) is 30.3 Å². The predicted molar refractivity (Wildman–Crippen MR) is 89.6 cm³/mol. The Labute approximate surface area is 131 Å². The first-order valence-corrected chi connectivity index (χ1v) is 8.68. The fourth-order valence-corrected chi connectivity index (χ4v) is 4.89. The molecule has 21 heavy (non-hydrogen) atoms. The number of nitrogens with zero attached hydrogens (tertiary/aromatic N) is 2. The minimum atomic E-state index is 0.804. The third-order valence-corrected chi connectivity index (χ3v) is 6.12. The molecule has 0 spiro atoms. The molecule has 2 aliphatic rings. The first-order valence-electron chi connectivity index (χ1n) is 7.86. The van der Waals surface area contributed by atoms with Crippen molar-refractivity contribution in [1.29, 1.82) is 0 Å². The van der Waals surface area contributed by atoms with E-state index < -0.39 is 0 Å². The fourth-order valence-electron chi connectivity index (χ4n) is 3.83. The molecule has 0 aliphatic carbocycles. The maximum Gasteiger partial charge on any atom is 0.0346 e. The highest BCUT2D eigenvalue weighted by molar-refractivity contribution is 7.15. The van der Waals surface area contributed by atoms with Gasteiger partial charge in [-0.25, -0.2) is 0 Å². The molecule has 2 aromatic rings. The Balaban J connectivity index is 1.44. The number of thiophene rings is 1. The highest BCUT2D eigenvalue weighted by atomic mass is 32.1. The van der Waals surface area contributed by atoms with Gasteiger partial charge in [-0.3, -0.25) is 4.90 Å². The average molecular weight is 298 g/mol. The van der Waals surface area contributed by atoms with Crippen molar-refractivity contribution in [3.05, 3.63) is 47.3 Å². The van der Waals surface area contributed by atoms with E-state index in [-0.39, 0.29) is 0 Å². The highest BCUT2D eigenvalue weighted by Gasteiger charge is 2.39. The number of likely N-dealkylation sites (tertiary alicyclic amines) is 2. The summed E-state index contributed by atoms with van der Waals surface area (Å²) in [4.78, 5) is 8.08. The van der Waals surface area contributed by atoms with Crippen molar-refractivity contribution in [3.63, 3.8) is 0 Å². The second-order valence-electron chi connectivity index (χ2n) is 6.42. The minimum Gasteiger partial charge on any atom is -0.302 e. The van der Waals surface area contributed by atoms with Crippen molar-refractivity contribution in [1.82, 2.24) is 9.80 Å². The minimum absolute atomic E-state index is 0.804. The molecule has 2 fully saturated rings. The molecule has 2 saturated heterocycles. The van der Waals surface area contributed by atoms with Crippen molar-refractivity contribution in [2.45, 2.75) is 19.0 Å². The first-order chi connectivity index (χ1) is 10.3. The molecule has 1 aromatic carbocycles. The highest BCUT2D eigenvalue weighted by Crippen LogP contribution is 2.33. The van der Waals surface area contributed by atoms with Crippen LogP contribution in [0, 0.1) is 5.92 Å². The number of benzene rings is 1. The molecule has 0 amide bonds. The number of fused-ring (bicyclic) bond motifs is 1. The van der Waals surface area contributed by atoms with Crippen LogP contribution < -0.4 is 0 Å². The van der Waals surface area contributed by atoms with Gasteiger partial charge >= 0.3 is 0 Å². The Kier molecular flexibility index (Phi) is 3.57. The summed E-state index contributed by atoms with van der Waals surface area (Å²) < 4.78 is 0. The molecule has 4 rings (SSSR count). The maximum absolute atomic E-state index is 2.64. The summed E-state index contributed by atoms with van der Waals surface area (Å²) in [5.41, 5.74) is 1.34. The van der Waals surface area contributed by atoms with Crippen LogP contribution in [0.25, 0.3) is 10.4 Å². The van der Waals surface area contributed by atoms with Crippen molar-refractivity contribution in [2.24, 2.45) is 5.92 Å². The second-order valence-corrected chi connectivity index (χ2v) is 7.59. The molecule has 1 aromatic heterocycles. The van der Waals surface area contributed by atoms with Crippen LogP contribution in [-0.4, -0.2) is 42.5 Å². The summed E-state index contributed by atoms with van der Waals surface area (Å²) in [6.45, 7) is 4.95. The standard InChI is InChI=1S/C18H22N2S/c1-19-10-9-15-11-20(13-17(15)19)12-16-7-8-18(21-16)14-5-3-2-4-6-14/h2-8,15,17H,9-13H2,1H3/t15-,17+/m0/s1. The summed E-state index contributed by atoms with van der Waals surface area (Å²) in [6, 6.07) is 16.1. The van der Waals surface area contributed by atoms with E-state index in [4.69, 9.17) is 0 Å². The van der Waals surface area contributed by atoms with Gasteiger partial charge in [0.1, 0.15) is 0 Å². The maximum atomic E-state index is 2.64. The molecular weight excluding hydrogens is 276 g/mol. The van der Waals surface area contributed by atoms with E-state index in [1.807, 2.05) is 11.3 Å². The lowest BCUT2D eigenvalue weighted by atomic mass is 10.1. The van der Waals surface area contributed by atoms with Crippen molar-refractivity contribution >= 4 is 11.3 Å². The van der Waals surface area contributed by atoms with Crippen molar-refractivity contribution < 1.29 is 0 Å². The van der Waals surface area contributed by atoms with Crippen LogP contribution in [0.2, 0.25) is 0 Å². The Morgan fingerprint density at radius 2 is 1.95 bits per heavy atom. The molecule has 0 N–H and O–H groups in total. The van der Waals surface area contributed by atoms with Gasteiger partial charge in [0.2, 0.25) is 0 Å². The van der Waals surface area contributed by atoms with Crippen LogP contribution in [0.3, 0.4) is 0 Å². The molecule has 110 valence electrons. The molecule has 0 saturated carbocycles. The Hall–Kier alpha value is -1.16. The van der Waals surface area contributed by atoms with E-state index in [1.54, 1.807) is 0 Å². The Bertz CT molecular complexity index is 607. The quantitative estimate of drug-likeness (QED) is 0.855. The largest absolute Gasteiger partial charge is 0.302 e. The van der Waals surface area contributed by atoms with Crippen molar-refractivity contribution in [2.75, 3.05) is 26.7 Å². The number of hydrogen-bond donors (Lipinski definition) is 0. The van der Waals surface area contributed by atoms with Gasteiger partial charge in [-0.2, -0.15) is 0 Å². The van der Waals surface area contributed by atoms with E-state index in [0.29, 0.717) is 0 Å². The Morgan fingerprint density at radius 3 is 2.76 bits per heavy atom. The van der Waals surface area contributed by atoms with Gasteiger partial charge in [0, 0.05) is 35.4 Å². The zero-order valence-electron chi connectivity index (χ0n) is 12.5. The monoisotopic (exact) mass is 298 g/mol. The first kappa shape index (κ1) is 13.5. The molecule has 0 radical (unpaired) electrons. The smallest absolute Gasteiger partial charge is 0.0346 e. The summed E-state index contributed by atoms with van der Waals surface area (Å²) in [5, 5.41) is 0.